The molecule has 0 unspecified atom stereocenters. The van der Waals surface area contributed by atoms with Crippen LogP contribution in [0.2, 0.25) is 0 Å². The van der Waals surface area contributed by atoms with Gasteiger partial charge < -0.3 is 0 Å². The van der Waals surface area contributed by atoms with Gasteiger partial charge in [-0.25, -0.2) is 0 Å². The first kappa shape index (κ1) is 49.0. The summed E-state index contributed by atoms with van der Waals surface area (Å²) in [5, 5.41) is 0. The van der Waals surface area contributed by atoms with Crippen LogP contribution in [0.3, 0.4) is 0 Å². The van der Waals surface area contributed by atoms with E-state index in [1.54, 1.807) is 0 Å². The molecular weight excluding hydrogens is 601 g/mol. The van der Waals surface area contributed by atoms with Crippen LogP contribution in [-0.2, 0) is 0 Å². The number of hydrogen-bond donors (Lipinski definition) is 0. The summed E-state index contributed by atoms with van der Waals surface area (Å²) in [6.07, 6.45) is 7.98. The Morgan fingerprint density at radius 2 is 0.440 bits per heavy atom. The summed E-state index contributed by atoms with van der Waals surface area (Å²) in [4.78, 5) is 0. The molecule has 50 heavy (non-hydrogen) atoms. The van der Waals surface area contributed by atoms with Gasteiger partial charge in [-0.2, -0.15) is 0 Å². The molecule has 0 amide bonds. The quantitative estimate of drug-likeness (QED) is 0.148. The standard InChI is InChI=1S/C30H30.3C6H14.2CH4/c1-21-5-13-25(14-6-21)29(26-15-7-22(2)8-16-26)30(27-17-9-23(3)10-18-27)28-19-11-24(4)12-20-28;3*1-4-6(3)5-2;;/h5-20,29-30H,1-4H3;3*6H,4-5H2,1-3H3;2*1H4. The second kappa shape index (κ2) is 27.6. The predicted octanol–water partition coefficient (Wildman–Crippen LogP) is 16.5. The maximum Gasteiger partial charge on any atom is 0.0199 e. The van der Waals surface area contributed by atoms with E-state index in [-0.39, 0.29) is 26.7 Å². The minimum Gasteiger partial charge on any atom is -0.0776 e. The highest BCUT2D eigenvalue weighted by Crippen LogP contribution is 2.43. The van der Waals surface area contributed by atoms with Crippen molar-refractivity contribution >= 4 is 0 Å². The lowest BCUT2D eigenvalue weighted by Crippen LogP contribution is -2.15. The van der Waals surface area contributed by atoms with E-state index in [1.165, 1.54) is 83.0 Å². The molecule has 0 radical (unpaired) electrons. The molecule has 4 aromatic carbocycles. The number of benzene rings is 4. The smallest absolute Gasteiger partial charge is 0.0199 e. The lowest BCUT2D eigenvalue weighted by atomic mass is 9.73. The summed E-state index contributed by atoms with van der Waals surface area (Å²) < 4.78 is 0. The van der Waals surface area contributed by atoms with E-state index in [2.05, 4.69) is 187 Å². The third-order valence-corrected chi connectivity index (χ3v) is 10.3. The van der Waals surface area contributed by atoms with E-state index in [1.807, 2.05) is 0 Å². The van der Waals surface area contributed by atoms with Gasteiger partial charge in [0.2, 0.25) is 0 Å². The van der Waals surface area contributed by atoms with Gasteiger partial charge in [0.1, 0.15) is 0 Å². The van der Waals surface area contributed by atoms with Crippen molar-refractivity contribution in [3.8, 4) is 0 Å². The zero-order valence-corrected chi connectivity index (χ0v) is 33.4. The molecule has 280 valence electrons. The zero-order valence-electron chi connectivity index (χ0n) is 33.4. The van der Waals surface area contributed by atoms with Crippen LogP contribution in [0, 0.1) is 45.4 Å². The van der Waals surface area contributed by atoms with Crippen molar-refractivity contribution in [2.45, 2.75) is 155 Å². The Balaban J connectivity index is 0. The molecule has 0 spiro atoms. The Morgan fingerprint density at radius 1 is 0.300 bits per heavy atom. The van der Waals surface area contributed by atoms with Crippen molar-refractivity contribution < 1.29 is 0 Å². The van der Waals surface area contributed by atoms with Crippen LogP contribution in [0.15, 0.2) is 97.1 Å². The average molecular weight is 681 g/mol. The highest BCUT2D eigenvalue weighted by atomic mass is 14.3. The molecule has 0 bridgehead atoms. The van der Waals surface area contributed by atoms with Gasteiger partial charge in [0.25, 0.3) is 0 Å². The maximum atomic E-state index is 2.30. The lowest BCUT2D eigenvalue weighted by molar-refractivity contribution is 0.544. The van der Waals surface area contributed by atoms with Crippen LogP contribution in [0.25, 0.3) is 0 Å². The van der Waals surface area contributed by atoms with Gasteiger partial charge in [0.05, 0.1) is 0 Å². The fourth-order valence-electron chi connectivity index (χ4n) is 5.12. The summed E-state index contributed by atoms with van der Waals surface area (Å²) in [6, 6.07) is 36.3. The summed E-state index contributed by atoms with van der Waals surface area (Å²) >= 11 is 0. The molecule has 0 N–H and O–H groups in total. The molecule has 0 aromatic heterocycles. The first-order valence-electron chi connectivity index (χ1n) is 19.2. The second-order valence-electron chi connectivity index (χ2n) is 14.4. The van der Waals surface area contributed by atoms with Crippen LogP contribution >= 0.6 is 0 Å². The van der Waals surface area contributed by atoms with Crippen LogP contribution in [0.1, 0.15) is 172 Å². The van der Waals surface area contributed by atoms with Crippen LogP contribution in [0.4, 0.5) is 0 Å². The van der Waals surface area contributed by atoms with Crippen molar-refractivity contribution in [1.82, 2.24) is 0 Å². The molecule has 0 heterocycles. The minimum absolute atomic E-state index is 0. The van der Waals surface area contributed by atoms with E-state index in [9.17, 15) is 0 Å². The van der Waals surface area contributed by atoms with Gasteiger partial charge in [0.15, 0.2) is 0 Å². The molecule has 0 aliphatic heterocycles. The summed E-state index contributed by atoms with van der Waals surface area (Å²) in [5.74, 6) is 3.30. The monoisotopic (exact) mass is 681 g/mol. The van der Waals surface area contributed by atoms with E-state index < -0.39 is 0 Å². The highest BCUT2D eigenvalue weighted by molar-refractivity contribution is 5.46. The number of aryl methyl sites for hydroxylation is 4. The molecule has 0 fully saturated rings. The normalized spacial score (nSPS) is 10.4. The highest BCUT2D eigenvalue weighted by Gasteiger charge is 2.28. The van der Waals surface area contributed by atoms with Gasteiger partial charge in [-0.3, -0.25) is 0 Å². The van der Waals surface area contributed by atoms with Crippen molar-refractivity contribution in [2.24, 2.45) is 17.8 Å². The second-order valence-corrected chi connectivity index (χ2v) is 14.4. The molecule has 0 saturated carbocycles. The van der Waals surface area contributed by atoms with Crippen molar-refractivity contribution in [1.29, 1.82) is 0 Å². The molecule has 0 saturated heterocycles. The van der Waals surface area contributed by atoms with E-state index >= 15 is 0 Å². The van der Waals surface area contributed by atoms with Crippen molar-refractivity contribution in [3.63, 3.8) is 0 Å². The van der Waals surface area contributed by atoms with E-state index in [0.717, 1.165) is 17.8 Å². The number of rotatable bonds is 11. The van der Waals surface area contributed by atoms with Gasteiger partial charge in [-0.1, -0.05) is 235 Å². The first-order chi connectivity index (χ1) is 22.9. The SMILES string of the molecule is C.C.CCC(C)CC.CCC(C)CC.CCC(C)CC.Cc1ccc(C(c2ccc(C)cc2)C(c2ccc(C)cc2)c2ccc(C)cc2)cc1. The molecular formula is C50H80. The number of hydrogen-bond acceptors (Lipinski definition) is 0. The van der Waals surface area contributed by atoms with Crippen LogP contribution in [-0.4, -0.2) is 0 Å². The Labute approximate surface area is 313 Å². The predicted molar refractivity (Wildman–Crippen MR) is 231 cm³/mol. The first-order valence-corrected chi connectivity index (χ1v) is 19.2. The van der Waals surface area contributed by atoms with Gasteiger partial charge in [-0.15, -0.1) is 0 Å². The molecule has 4 aromatic rings. The van der Waals surface area contributed by atoms with Crippen LogP contribution < -0.4 is 0 Å². The fourth-order valence-corrected chi connectivity index (χ4v) is 5.12. The Hall–Kier alpha value is -3.12. The summed E-state index contributed by atoms with van der Waals surface area (Å²) in [5.41, 5.74) is 10.6. The van der Waals surface area contributed by atoms with E-state index in [0.29, 0.717) is 0 Å². The largest absolute Gasteiger partial charge is 0.0776 e. The summed E-state index contributed by atoms with van der Waals surface area (Å²) in [7, 11) is 0. The van der Waals surface area contributed by atoms with Gasteiger partial charge >= 0.3 is 0 Å². The minimum atomic E-state index is 0. The van der Waals surface area contributed by atoms with Gasteiger partial charge in [-0.05, 0) is 67.7 Å². The summed E-state index contributed by atoms with van der Waals surface area (Å²) in [6.45, 7) is 28.8. The molecule has 0 aliphatic carbocycles. The fraction of sp³-hybridized carbons (Fsp3) is 0.520. The topological polar surface area (TPSA) is 0 Å². The maximum absolute atomic E-state index is 2.30. The molecule has 0 atom stereocenters. The van der Waals surface area contributed by atoms with Crippen molar-refractivity contribution in [2.75, 3.05) is 0 Å². The molecule has 0 nitrogen and oxygen atoms in total. The lowest BCUT2D eigenvalue weighted by Gasteiger charge is -2.30. The molecule has 4 rings (SSSR count). The average Bonchev–Trinajstić information content (AvgIpc) is 3.12. The third-order valence-electron chi connectivity index (χ3n) is 10.3. The Bertz CT molecular complexity index is 1110. The van der Waals surface area contributed by atoms with E-state index in [4.69, 9.17) is 0 Å². The third kappa shape index (κ3) is 18.2. The Morgan fingerprint density at radius 3 is 0.540 bits per heavy atom. The Kier molecular flexibility index (Phi) is 27.0. The zero-order chi connectivity index (χ0) is 36.1. The molecule has 0 heteroatoms. The van der Waals surface area contributed by atoms with Gasteiger partial charge in [0, 0.05) is 11.8 Å². The van der Waals surface area contributed by atoms with Crippen LogP contribution in [0.5, 0.6) is 0 Å². The molecule has 0 aliphatic rings. The van der Waals surface area contributed by atoms with Crippen molar-refractivity contribution in [3.05, 3.63) is 142 Å².